The molecule has 1 atom stereocenters. The van der Waals surface area contributed by atoms with Gasteiger partial charge in [0, 0.05) is 42.9 Å². The number of imide groups is 2. The van der Waals surface area contributed by atoms with E-state index in [1.807, 2.05) is 11.0 Å². The first-order chi connectivity index (χ1) is 25.7. The number of nitrogens with one attached hydrogen (secondary N) is 2. The molecule has 0 bridgehead atoms. The number of anilines is 2. The number of nitrogens with zero attached hydrogens (tertiary/aromatic N) is 3. The minimum absolute atomic E-state index is 0.0267. The zero-order valence-electron chi connectivity index (χ0n) is 28.5. The first-order valence-electron chi connectivity index (χ1n) is 17.5. The van der Waals surface area contributed by atoms with Gasteiger partial charge >= 0.3 is 6.18 Å². The van der Waals surface area contributed by atoms with Crippen LogP contribution in [0, 0.1) is 17.8 Å². The molecule has 0 radical (unpaired) electrons. The highest BCUT2D eigenvalue weighted by Crippen LogP contribution is 2.42. The fraction of sp³-hybridized carbons (Fsp3) is 0.333. The normalized spacial score (nSPS) is 20.7. The Labute approximate surface area is 311 Å². The largest absolute Gasteiger partial charge is 0.416 e. The highest BCUT2D eigenvalue weighted by molar-refractivity contribution is 6.34. The molecule has 0 spiro atoms. The van der Waals surface area contributed by atoms with E-state index in [-0.39, 0.29) is 53.0 Å². The monoisotopic (exact) mass is 757 g/mol. The van der Waals surface area contributed by atoms with E-state index in [0.29, 0.717) is 44.3 Å². The lowest BCUT2D eigenvalue weighted by molar-refractivity contribution is -0.138. The molecule has 2 N–H and O–H groups in total. The Balaban J connectivity index is 0.900. The van der Waals surface area contributed by atoms with Crippen LogP contribution in [0.3, 0.4) is 0 Å². The van der Waals surface area contributed by atoms with Crippen LogP contribution in [0.1, 0.15) is 79.9 Å². The maximum atomic E-state index is 13.8. The molecule has 1 unspecified atom stereocenters. The molecule has 0 aromatic heterocycles. The number of alkyl halides is 3. The molecular weight excluding hydrogens is 727 g/mol. The first kappa shape index (κ1) is 35.4. The van der Waals surface area contributed by atoms with Crippen molar-refractivity contribution in [1.82, 2.24) is 15.1 Å². The fourth-order valence-electron chi connectivity index (χ4n) is 7.76. The highest BCUT2D eigenvalue weighted by Gasteiger charge is 2.52. The number of piperidine rings is 1. The summed E-state index contributed by atoms with van der Waals surface area (Å²) in [6, 6.07) is 12.0. The van der Waals surface area contributed by atoms with Gasteiger partial charge in [-0.15, -0.1) is 0 Å². The number of hydrogen-bond donors (Lipinski definition) is 2. The summed E-state index contributed by atoms with van der Waals surface area (Å²) in [4.78, 5) is 82.0. The average Bonchev–Trinajstić information content (AvgIpc) is 3.33. The Bertz CT molecular complexity index is 2250. The van der Waals surface area contributed by atoms with E-state index in [1.54, 1.807) is 35.2 Å². The second-order valence-corrected chi connectivity index (χ2v) is 14.6. The van der Waals surface area contributed by atoms with E-state index in [4.69, 9.17) is 11.6 Å². The molecule has 4 aliphatic heterocycles. The quantitative estimate of drug-likeness (QED) is 0.282. The van der Waals surface area contributed by atoms with Gasteiger partial charge in [-0.1, -0.05) is 23.4 Å². The van der Waals surface area contributed by atoms with E-state index >= 15 is 0 Å². The van der Waals surface area contributed by atoms with Crippen molar-refractivity contribution in [2.24, 2.45) is 5.92 Å². The van der Waals surface area contributed by atoms with E-state index < -0.39 is 52.9 Å². The third-order valence-electron chi connectivity index (χ3n) is 10.9. The van der Waals surface area contributed by atoms with E-state index in [9.17, 15) is 41.9 Å². The number of hydrogen-bond acceptors (Lipinski definition) is 7. The summed E-state index contributed by atoms with van der Waals surface area (Å²) in [7, 11) is 0. The molecular formula is C39H31ClF3N5O6. The molecule has 2 saturated heterocycles. The van der Waals surface area contributed by atoms with E-state index in [1.165, 1.54) is 0 Å². The fourth-order valence-corrected chi connectivity index (χ4v) is 7.99. The summed E-state index contributed by atoms with van der Waals surface area (Å²) in [5.41, 5.74) is 1.16. The van der Waals surface area contributed by atoms with Crippen LogP contribution in [0.5, 0.6) is 0 Å². The van der Waals surface area contributed by atoms with Gasteiger partial charge in [-0.25, -0.2) is 0 Å². The van der Waals surface area contributed by atoms with Gasteiger partial charge in [0.1, 0.15) is 11.6 Å². The van der Waals surface area contributed by atoms with Gasteiger partial charge < -0.3 is 15.1 Å². The number of carbonyl (C=O) groups excluding carboxylic acids is 6. The van der Waals surface area contributed by atoms with Crippen LogP contribution < -0.4 is 15.5 Å². The van der Waals surface area contributed by atoms with Crippen molar-refractivity contribution < 1.29 is 41.9 Å². The number of rotatable bonds is 5. The molecule has 5 aliphatic rings. The molecule has 1 saturated carbocycles. The Hall–Kier alpha value is -5.68. The van der Waals surface area contributed by atoms with E-state index in [0.717, 1.165) is 39.9 Å². The summed E-state index contributed by atoms with van der Waals surface area (Å²) < 4.78 is 39.3. The third-order valence-corrected chi connectivity index (χ3v) is 11.3. The maximum Gasteiger partial charge on any atom is 0.416 e. The van der Waals surface area contributed by atoms with Gasteiger partial charge in [-0.3, -0.25) is 39.0 Å². The third kappa shape index (κ3) is 5.96. The van der Waals surface area contributed by atoms with Crippen LogP contribution in [-0.2, 0) is 27.0 Å². The topological polar surface area (TPSA) is 136 Å². The number of amides is 6. The van der Waals surface area contributed by atoms with E-state index in [2.05, 4.69) is 22.5 Å². The zero-order chi connectivity index (χ0) is 38.1. The lowest BCUT2D eigenvalue weighted by Crippen LogP contribution is -2.64. The molecule has 3 aromatic carbocycles. The lowest BCUT2D eigenvalue weighted by atomic mass is 9.73. The molecule has 3 fully saturated rings. The highest BCUT2D eigenvalue weighted by atomic mass is 35.5. The summed E-state index contributed by atoms with van der Waals surface area (Å²) in [5, 5.41) is 4.61. The van der Waals surface area contributed by atoms with Crippen LogP contribution in [0.4, 0.5) is 24.5 Å². The van der Waals surface area contributed by atoms with Gasteiger partial charge in [0.25, 0.3) is 17.7 Å². The molecule has 276 valence electrons. The standard InChI is InChI=1S/C39H31ClF3N5O6/c40-29-17-24(39(41,42)43)5-9-30(29)44-37(54)38(13-1-14-38)47-15-12-23-16-21(4-7-26(23)34(47)51)2-3-22-19-46(20-22)25-6-8-27-28(18-25)36(53)48(35(27)52)31-10-11-32(49)45-33(31)50/h4-9,16-18,22,31H,1,10-15,19-20H2,(H,44,54)(H,45,49,50). The van der Waals surface area contributed by atoms with Crippen LogP contribution >= 0.6 is 11.6 Å². The summed E-state index contributed by atoms with van der Waals surface area (Å²) in [6.07, 6.45) is -2.41. The van der Waals surface area contributed by atoms with Crippen molar-refractivity contribution in [3.63, 3.8) is 0 Å². The van der Waals surface area contributed by atoms with Gasteiger partial charge in [0.2, 0.25) is 17.7 Å². The van der Waals surface area contributed by atoms with Gasteiger partial charge in [-0.05, 0) is 92.3 Å². The summed E-state index contributed by atoms with van der Waals surface area (Å²) in [5.74, 6) is 3.50. The van der Waals surface area contributed by atoms with Crippen molar-refractivity contribution in [2.75, 3.05) is 29.9 Å². The predicted octanol–water partition coefficient (Wildman–Crippen LogP) is 4.81. The van der Waals surface area contributed by atoms with Crippen molar-refractivity contribution in [1.29, 1.82) is 0 Å². The van der Waals surface area contributed by atoms with Crippen molar-refractivity contribution >= 4 is 58.4 Å². The van der Waals surface area contributed by atoms with Crippen LogP contribution in [0.25, 0.3) is 0 Å². The number of benzene rings is 3. The second kappa shape index (κ2) is 13.0. The van der Waals surface area contributed by atoms with Gasteiger partial charge in [-0.2, -0.15) is 13.2 Å². The number of carbonyl (C=O) groups is 6. The minimum Gasteiger partial charge on any atom is -0.369 e. The lowest BCUT2D eigenvalue weighted by Gasteiger charge is -2.50. The molecule has 54 heavy (non-hydrogen) atoms. The van der Waals surface area contributed by atoms with Crippen molar-refractivity contribution in [2.45, 2.75) is 56.3 Å². The zero-order valence-corrected chi connectivity index (χ0v) is 29.3. The number of fused-ring (bicyclic) bond motifs is 2. The average molecular weight is 758 g/mol. The van der Waals surface area contributed by atoms with Gasteiger partial charge in [0.15, 0.2) is 0 Å². The smallest absolute Gasteiger partial charge is 0.369 e. The second-order valence-electron chi connectivity index (χ2n) is 14.2. The molecule has 11 nitrogen and oxygen atoms in total. The molecule has 1 aliphatic carbocycles. The maximum absolute atomic E-state index is 13.8. The Morgan fingerprint density at radius 3 is 2.31 bits per heavy atom. The Morgan fingerprint density at radius 1 is 0.889 bits per heavy atom. The van der Waals surface area contributed by atoms with Crippen LogP contribution in [-0.4, -0.2) is 76.5 Å². The van der Waals surface area contributed by atoms with Crippen molar-refractivity contribution in [3.8, 4) is 11.8 Å². The molecule has 15 heteroatoms. The van der Waals surface area contributed by atoms with Crippen LogP contribution in [0.15, 0.2) is 54.6 Å². The van der Waals surface area contributed by atoms with Crippen LogP contribution in [0.2, 0.25) is 5.02 Å². The molecule has 4 heterocycles. The summed E-state index contributed by atoms with van der Waals surface area (Å²) >= 11 is 6.09. The molecule has 8 rings (SSSR count). The first-order valence-corrected chi connectivity index (χ1v) is 17.9. The van der Waals surface area contributed by atoms with Crippen molar-refractivity contribution in [3.05, 3.63) is 93.0 Å². The molecule has 3 aromatic rings. The summed E-state index contributed by atoms with van der Waals surface area (Å²) in [6.45, 7) is 1.46. The minimum atomic E-state index is -4.58. The predicted molar refractivity (Wildman–Crippen MR) is 189 cm³/mol. The SMILES string of the molecule is O=C1CCC(N2C(=O)c3ccc(N4CC(C#Cc5ccc6c(c5)CCN(C5(C(=O)Nc7ccc(C(F)(F)F)cc7Cl)CCC5)C6=O)C4)cc3C2=O)C(=O)N1. The molecule has 6 amide bonds. The Kier molecular flexibility index (Phi) is 8.52. The number of halogens is 4. The van der Waals surface area contributed by atoms with Gasteiger partial charge in [0.05, 0.1) is 33.3 Å². The Morgan fingerprint density at radius 2 is 1.63 bits per heavy atom.